The second-order valence-electron chi connectivity index (χ2n) is 4.24. The second kappa shape index (κ2) is 6.01. The molecule has 0 atom stereocenters. The van der Waals surface area contributed by atoms with E-state index < -0.39 is 16.6 Å². The summed E-state index contributed by atoms with van der Waals surface area (Å²) in [5, 5.41) is 10.9. The zero-order chi connectivity index (χ0) is 15.6. The molecule has 1 amide bonds. The number of halogens is 2. The third kappa shape index (κ3) is 3.08. The summed E-state index contributed by atoms with van der Waals surface area (Å²) in [7, 11) is 1.47. The van der Waals surface area contributed by atoms with Crippen LogP contribution in [0.15, 0.2) is 46.9 Å². The van der Waals surface area contributed by atoms with Crippen LogP contribution < -0.4 is 4.90 Å². The van der Waals surface area contributed by atoms with Gasteiger partial charge in [0.15, 0.2) is 0 Å². The van der Waals surface area contributed by atoms with Gasteiger partial charge in [-0.05, 0) is 40.2 Å². The Labute approximate surface area is 128 Å². The SMILES string of the molecule is CN(C(=O)c1cccc([N+](=O)[O-])c1Br)c1cccc(F)c1. The molecule has 2 aromatic rings. The standard InChI is InChI=1S/C14H10BrFN2O3/c1-17(10-5-2-4-9(16)8-10)14(19)11-6-3-7-12(13(11)15)18(20)21/h2-8H,1H3. The smallest absolute Gasteiger partial charge is 0.284 e. The van der Waals surface area contributed by atoms with Crippen molar-refractivity contribution < 1.29 is 14.1 Å². The Balaban J connectivity index is 2.41. The fourth-order valence-electron chi connectivity index (χ4n) is 1.81. The number of nitrogens with zero attached hydrogens (tertiary/aromatic N) is 2. The predicted molar refractivity (Wildman–Crippen MR) is 79.9 cm³/mol. The van der Waals surface area contributed by atoms with Crippen molar-refractivity contribution >= 4 is 33.2 Å². The summed E-state index contributed by atoms with van der Waals surface area (Å²) in [6, 6.07) is 9.73. The van der Waals surface area contributed by atoms with E-state index in [0.29, 0.717) is 5.69 Å². The summed E-state index contributed by atoms with van der Waals surface area (Å²) in [6.07, 6.45) is 0. The monoisotopic (exact) mass is 352 g/mol. The molecule has 0 saturated heterocycles. The normalized spacial score (nSPS) is 10.2. The number of hydrogen-bond donors (Lipinski definition) is 0. The van der Waals surface area contributed by atoms with E-state index in [4.69, 9.17) is 0 Å². The highest BCUT2D eigenvalue weighted by atomic mass is 79.9. The van der Waals surface area contributed by atoms with Crippen molar-refractivity contribution in [3.63, 3.8) is 0 Å². The predicted octanol–water partition coefficient (Wildman–Crippen LogP) is 3.77. The summed E-state index contributed by atoms with van der Waals surface area (Å²) < 4.78 is 13.3. The Morgan fingerprint density at radius 2 is 1.95 bits per heavy atom. The first-order valence-corrected chi connectivity index (χ1v) is 6.67. The van der Waals surface area contributed by atoms with Gasteiger partial charge in [-0.25, -0.2) is 4.39 Å². The van der Waals surface area contributed by atoms with Crippen LogP contribution in [-0.4, -0.2) is 17.9 Å². The van der Waals surface area contributed by atoms with Gasteiger partial charge < -0.3 is 4.90 Å². The van der Waals surface area contributed by atoms with Gasteiger partial charge in [0.25, 0.3) is 11.6 Å². The number of rotatable bonds is 3. The molecular weight excluding hydrogens is 343 g/mol. The van der Waals surface area contributed by atoms with E-state index in [1.807, 2.05) is 0 Å². The maximum Gasteiger partial charge on any atom is 0.284 e. The minimum atomic E-state index is -0.580. The summed E-state index contributed by atoms with van der Waals surface area (Å²) in [4.78, 5) is 23.9. The van der Waals surface area contributed by atoms with Crippen LogP contribution in [0.1, 0.15) is 10.4 Å². The molecular formula is C14H10BrFN2O3. The highest BCUT2D eigenvalue weighted by Gasteiger charge is 2.22. The van der Waals surface area contributed by atoms with Crippen molar-refractivity contribution in [1.82, 2.24) is 0 Å². The third-order valence-corrected chi connectivity index (χ3v) is 3.74. The first-order valence-electron chi connectivity index (χ1n) is 5.88. The molecule has 0 aliphatic carbocycles. The molecule has 2 aromatic carbocycles. The topological polar surface area (TPSA) is 63.5 Å². The fourth-order valence-corrected chi connectivity index (χ4v) is 2.39. The molecule has 0 unspecified atom stereocenters. The van der Waals surface area contributed by atoms with Gasteiger partial charge in [0.2, 0.25) is 0 Å². The van der Waals surface area contributed by atoms with Crippen LogP contribution in [0.3, 0.4) is 0 Å². The van der Waals surface area contributed by atoms with Crippen LogP contribution in [-0.2, 0) is 0 Å². The maximum absolute atomic E-state index is 13.2. The van der Waals surface area contributed by atoms with Gasteiger partial charge in [-0.2, -0.15) is 0 Å². The zero-order valence-electron chi connectivity index (χ0n) is 10.9. The highest BCUT2D eigenvalue weighted by molar-refractivity contribution is 9.10. The van der Waals surface area contributed by atoms with Gasteiger partial charge in [0.1, 0.15) is 10.3 Å². The molecule has 0 fully saturated rings. The Morgan fingerprint density at radius 1 is 1.29 bits per heavy atom. The summed E-state index contributed by atoms with van der Waals surface area (Å²) in [5.74, 6) is -0.943. The van der Waals surface area contributed by atoms with Gasteiger partial charge in [-0.1, -0.05) is 12.1 Å². The first-order chi connectivity index (χ1) is 9.91. The van der Waals surface area contributed by atoms with E-state index in [-0.39, 0.29) is 15.7 Å². The molecule has 0 aliphatic rings. The largest absolute Gasteiger partial charge is 0.311 e. The fraction of sp³-hybridized carbons (Fsp3) is 0.0714. The van der Waals surface area contributed by atoms with Gasteiger partial charge >= 0.3 is 0 Å². The van der Waals surface area contributed by atoms with Gasteiger partial charge in [-0.3, -0.25) is 14.9 Å². The number of nitro benzene ring substituents is 1. The Bertz CT molecular complexity index is 721. The molecule has 0 saturated carbocycles. The number of amides is 1. The van der Waals surface area contributed by atoms with E-state index in [0.717, 1.165) is 0 Å². The van der Waals surface area contributed by atoms with Crippen molar-refractivity contribution in [1.29, 1.82) is 0 Å². The van der Waals surface area contributed by atoms with E-state index in [1.165, 1.54) is 48.3 Å². The molecule has 0 radical (unpaired) electrons. The molecule has 0 aliphatic heterocycles. The molecule has 5 nitrogen and oxygen atoms in total. The zero-order valence-corrected chi connectivity index (χ0v) is 12.5. The van der Waals surface area contributed by atoms with Crippen LogP contribution >= 0.6 is 15.9 Å². The lowest BCUT2D eigenvalue weighted by Crippen LogP contribution is -2.26. The quantitative estimate of drug-likeness (QED) is 0.623. The molecule has 21 heavy (non-hydrogen) atoms. The lowest BCUT2D eigenvalue weighted by Gasteiger charge is -2.18. The number of anilines is 1. The van der Waals surface area contributed by atoms with Crippen molar-refractivity contribution in [3.05, 3.63) is 68.4 Å². The van der Waals surface area contributed by atoms with Gasteiger partial charge in [0, 0.05) is 18.8 Å². The number of benzene rings is 2. The molecule has 108 valence electrons. The van der Waals surface area contributed by atoms with Crippen LogP contribution in [0.25, 0.3) is 0 Å². The number of nitro groups is 1. The Morgan fingerprint density at radius 3 is 2.57 bits per heavy atom. The minimum Gasteiger partial charge on any atom is -0.311 e. The second-order valence-corrected chi connectivity index (χ2v) is 5.03. The van der Waals surface area contributed by atoms with Crippen LogP contribution in [0, 0.1) is 15.9 Å². The van der Waals surface area contributed by atoms with E-state index in [9.17, 15) is 19.3 Å². The van der Waals surface area contributed by atoms with Gasteiger partial charge in [0.05, 0.1) is 10.5 Å². The van der Waals surface area contributed by atoms with E-state index in [1.54, 1.807) is 6.07 Å². The lowest BCUT2D eigenvalue weighted by molar-refractivity contribution is -0.385. The molecule has 0 heterocycles. The van der Waals surface area contributed by atoms with Crippen molar-refractivity contribution in [2.24, 2.45) is 0 Å². The van der Waals surface area contributed by atoms with Gasteiger partial charge in [-0.15, -0.1) is 0 Å². The highest BCUT2D eigenvalue weighted by Crippen LogP contribution is 2.29. The molecule has 0 bridgehead atoms. The number of hydrogen-bond acceptors (Lipinski definition) is 3. The Kier molecular flexibility index (Phi) is 4.32. The van der Waals surface area contributed by atoms with E-state index >= 15 is 0 Å². The van der Waals surface area contributed by atoms with E-state index in [2.05, 4.69) is 15.9 Å². The summed E-state index contributed by atoms with van der Waals surface area (Å²) in [6.45, 7) is 0. The lowest BCUT2D eigenvalue weighted by atomic mass is 10.1. The van der Waals surface area contributed by atoms with Crippen LogP contribution in [0.5, 0.6) is 0 Å². The van der Waals surface area contributed by atoms with Crippen LogP contribution in [0.2, 0.25) is 0 Å². The molecule has 2 rings (SSSR count). The average molecular weight is 353 g/mol. The first kappa shape index (κ1) is 15.1. The Hall–Kier alpha value is -2.28. The summed E-state index contributed by atoms with van der Waals surface area (Å²) in [5.41, 5.74) is 0.294. The molecule has 0 spiro atoms. The number of carbonyl (C=O) groups is 1. The van der Waals surface area contributed by atoms with Crippen molar-refractivity contribution in [2.45, 2.75) is 0 Å². The average Bonchev–Trinajstić information content (AvgIpc) is 2.45. The molecule has 0 aromatic heterocycles. The van der Waals surface area contributed by atoms with Crippen molar-refractivity contribution in [3.8, 4) is 0 Å². The third-order valence-electron chi connectivity index (χ3n) is 2.91. The summed E-state index contributed by atoms with van der Waals surface area (Å²) >= 11 is 3.07. The van der Waals surface area contributed by atoms with Crippen LogP contribution in [0.4, 0.5) is 15.8 Å². The maximum atomic E-state index is 13.2. The number of carbonyl (C=O) groups excluding carboxylic acids is 1. The molecule has 7 heteroatoms. The minimum absolute atomic E-state index is 0.100. The molecule has 0 N–H and O–H groups in total. The van der Waals surface area contributed by atoms with Crippen molar-refractivity contribution in [2.75, 3.05) is 11.9 Å².